The van der Waals surface area contributed by atoms with Crippen LogP contribution in [-0.4, -0.2) is 57.3 Å². The van der Waals surface area contributed by atoms with Crippen LogP contribution in [0.15, 0.2) is 48.6 Å². The van der Waals surface area contributed by atoms with Crippen LogP contribution in [0.3, 0.4) is 0 Å². The first-order valence-electron chi connectivity index (χ1n) is 20.5. The number of amides is 1. The second-order valence-electron chi connectivity index (χ2n) is 13.9. The Morgan fingerprint density at radius 1 is 0.531 bits per heavy atom. The number of aliphatic hydroxyl groups is 4. The van der Waals surface area contributed by atoms with Crippen LogP contribution in [0.4, 0.5) is 0 Å². The molecule has 0 aromatic rings. The van der Waals surface area contributed by atoms with Crippen molar-refractivity contribution in [3.05, 3.63) is 48.6 Å². The average Bonchev–Trinajstić information content (AvgIpc) is 3.11. The molecule has 0 rings (SSSR count). The van der Waals surface area contributed by atoms with Crippen molar-refractivity contribution in [1.29, 1.82) is 0 Å². The van der Waals surface area contributed by atoms with E-state index in [4.69, 9.17) is 0 Å². The third-order valence-corrected chi connectivity index (χ3v) is 9.25. The summed E-state index contributed by atoms with van der Waals surface area (Å²) in [5.74, 6) is -0.601. The van der Waals surface area contributed by atoms with E-state index >= 15 is 0 Å². The quantitative estimate of drug-likeness (QED) is 0.0332. The molecule has 4 atom stereocenters. The van der Waals surface area contributed by atoms with Crippen molar-refractivity contribution in [2.45, 2.75) is 212 Å². The molecule has 0 bridgehead atoms. The number of unbranched alkanes of at least 4 members (excludes halogenated alkanes) is 19. The minimum absolute atomic E-state index is 0.357. The van der Waals surface area contributed by atoms with E-state index in [0.29, 0.717) is 19.3 Å². The van der Waals surface area contributed by atoms with E-state index in [9.17, 15) is 25.2 Å². The molecule has 0 aromatic heterocycles. The molecule has 0 fully saturated rings. The van der Waals surface area contributed by atoms with Gasteiger partial charge < -0.3 is 25.7 Å². The minimum Gasteiger partial charge on any atom is -0.394 e. The monoisotopic (exact) mass is 690 g/mol. The van der Waals surface area contributed by atoms with Gasteiger partial charge in [0.25, 0.3) is 0 Å². The molecule has 49 heavy (non-hydrogen) atoms. The second kappa shape index (κ2) is 37.5. The molecule has 286 valence electrons. The largest absolute Gasteiger partial charge is 0.394 e. The van der Waals surface area contributed by atoms with Gasteiger partial charge in [-0.15, -0.1) is 0 Å². The molecule has 1 amide bonds. The molecule has 0 aliphatic rings. The van der Waals surface area contributed by atoms with Crippen LogP contribution in [0.25, 0.3) is 0 Å². The highest BCUT2D eigenvalue weighted by molar-refractivity contribution is 5.80. The van der Waals surface area contributed by atoms with Crippen LogP contribution < -0.4 is 5.32 Å². The molecule has 0 aliphatic heterocycles. The number of hydrogen-bond acceptors (Lipinski definition) is 5. The van der Waals surface area contributed by atoms with E-state index in [2.05, 4.69) is 67.8 Å². The molecule has 0 aliphatic carbocycles. The third-order valence-electron chi connectivity index (χ3n) is 9.25. The smallest absolute Gasteiger partial charge is 0.249 e. The molecule has 6 nitrogen and oxygen atoms in total. The molecule has 0 saturated carbocycles. The summed E-state index contributed by atoms with van der Waals surface area (Å²) in [6, 6.07) is -1.01. The summed E-state index contributed by atoms with van der Waals surface area (Å²) in [6.45, 7) is 3.89. The first-order valence-corrected chi connectivity index (χ1v) is 20.5. The Morgan fingerprint density at radius 2 is 0.980 bits per heavy atom. The molecule has 0 heterocycles. The standard InChI is InChI=1S/C43H79NO5/c1-3-5-7-9-11-13-15-17-18-19-20-21-22-23-25-27-29-31-33-35-37-41(47)43(49)44-39(38-45)42(48)40(46)36-34-32-30-28-26-24-16-14-12-10-8-6-4-2/h5,7,11,13-14,16,28,30,39-42,45-48H,3-4,6,8-10,12,15,17-27,29,31-38H2,1-2H3,(H,44,49)/b7-5-,13-11-,16-14+,30-28+. The number of rotatable bonds is 36. The maximum atomic E-state index is 12.5. The zero-order valence-corrected chi connectivity index (χ0v) is 31.9. The zero-order valence-electron chi connectivity index (χ0n) is 31.9. The van der Waals surface area contributed by atoms with Gasteiger partial charge in [-0.3, -0.25) is 4.79 Å². The van der Waals surface area contributed by atoms with Gasteiger partial charge in [0.2, 0.25) is 5.91 Å². The molecule has 0 spiro atoms. The Bertz CT molecular complexity index is 823. The minimum atomic E-state index is -1.29. The van der Waals surface area contributed by atoms with Gasteiger partial charge in [0.15, 0.2) is 0 Å². The van der Waals surface area contributed by atoms with Gasteiger partial charge in [0.05, 0.1) is 18.8 Å². The van der Waals surface area contributed by atoms with Gasteiger partial charge in [0.1, 0.15) is 12.2 Å². The van der Waals surface area contributed by atoms with Gasteiger partial charge in [-0.05, 0) is 77.0 Å². The fourth-order valence-electron chi connectivity index (χ4n) is 5.99. The van der Waals surface area contributed by atoms with Crippen molar-refractivity contribution in [3.63, 3.8) is 0 Å². The molecular weight excluding hydrogens is 610 g/mol. The molecule has 0 saturated heterocycles. The molecule has 0 radical (unpaired) electrons. The summed E-state index contributed by atoms with van der Waals surface area (Å²) >= 11 is 0. The fraction of sp³-hybridized carbons (Fsp3) is 0.791. The van der Waals surface area contributed by atoms with E-state index in [1.54, 1.807) is 0 Å². The van der Waals surface area contributed by atoms with Crippen LogP contribution in [0.5, 0.6) is 0 Å². The van der Waals surface area contributed by atoms with E-state index in [1.165, 1.54) is 96.3 Å². The summed E-state index contributed by atoms with van der Waals surface area (Å²) in [5.41, 5.74) is 0. The summed E-state index contributed by atoms with van der Waals surface area (Å²) in [5, 5.41) is 43.5. The van der Waals surface area contributed by atoms with Gasteiger partial charge >= 0.3 is 0 Å². The van der Waals surface area contributed by atoms with Crippen molar-refractivity contribution in [2.75, 3.05) is 6.61 Å². The van der Waals surface area contributed by atoms with Crippen molar-refractivity contribution in [1.82, 2.24) is 5.32 Å². The lowest BCUT2D eigenvalue weighted by molar-refractivity contribution is -0.132. The normalized spacial score (nSPS) is 14.8. The molecule has 4 unspecified atom stereocenters. The van der Waals surface area contributed by atoms with Crippen LogP contribution in [-0.2, 0) is 4.79 Å². The first kappa shape index (κ1) is 47.3. The summed E-state index contributed by atoms with van der Waals surface area (Å²) in [7, 11) is 0. The molecule has 0 aromatic carbocycles. The zero-order chi connectivity index (χ0) is 36.0. The predicted octanol–water partition coefficient (Wildman–Crippen LogP) is 10.3. The highest BCUT2D eigenvalue weighted by Crippen LogP contribution is 2.15. The topological polar surface area (TPSA) is 110 Å². The van der Waals surface area contributed by atoms with E-state index < -0.39 is 36.9 Å². The van der Waals surface area contributed by atoms with Gasteiger partial charge in [0, 0.05) is 0 Å². The van der Waals surface area contributed by atoms with Crippen molar-refractivity contribution >= 4 is 5.91 Å². The predicted molar refractivity (Wildman–Crippen MR) is 210 cm³/mol. The molecule has 6 heteroatoms. The molecule has 5 N–H and O–H groups in total. The molecular formula is C43H79NO5. The second-order valence-corrected chi connectivity index (χ2v) is 13.9. The summed E-state index contributed by atoms with van der Waals surface area (Å²) in [4.78, 5) is 12.5. The summed E-state index contributed by atoms with van der Waals surface area (Å²) < 4.78 is 0. The number of aliphatic hydroxyl groups excluding tert-OH is 4. The number of carbonyl (C=O) groups excluding carboxylic acids is 1. The van der Waals surface area contributed by atoms with Crippen molar-refractivity contribution < 1.29 is 25.2 Å². The van der Waals surface area contributed by atoms with E-state index in [1.807, 2.05) is 0 Å². The first-order chi connectivity index (χ1) is 24.0. The Balaban J connectivity index is 3.79. The Labute approximate surface area is 302 Å². The van der Waals surface area contributed by atoms with Gasteiger partial charge in [-0.1, -0.05) is 159 Å². The van der Waals surface area contributed by atoms with Gasteiger partial charge in [-0.2, -0.15) is 0 Å². The highest BCUT2D eigenvalue weighted by Gasteiger charge is 2.28. The Kier molecular flexibility index (Phi) is 36.2. The lowest BCUT2D eigenvalue weighted by atomic mass is 10.00. The Hall–Kier alpha value is -1.73. The Morgan fingerprint density at radius 3 is 1.51 bits per heavy atom. The third kappa shape index (κ3) is 32.0. The number of carbonyl (C=O) groups is 1. The highest BCUT2D eigenvalue weighted by atomic mass is 16.3. The van der Waals surface area contributed by atoms with E-state index in [0.717, 1.165) is 57.8 Å². The van der Waals surface area contributed by atoms with Gasteiger partial charge in [-0.25, -0.2) is 0 Å². The summed E-state index contributed by atoms with van der Waals surface area (Å²) in [6.07, 6.45) is 44.2. The van der Waals surface area contributed by atoms with Crippen LogP contribution in [0.2, 0.25) is 0 Å². The number of allylic oxidation sites excluding steroid dienone is 8. The lowest BCUT2D eigenvalue weighted by Gasteiger charge is -2.27. The van der Waals surface area contributed by atoms with Crippen LogP contribution >= 0.6 is 0 Å². The number of hydrogen-bond donors (Lipinski definition) is 5. The van der Waals surface area contributed by atoms with Crippen LogP contribution in [0, 0.1) is 0 Å². The lowest BCUT2D eigenvalue weighted by Crippen LogP contribution is -2.53. The van der Waals surface area contributed by atoms with Crippen molar-refractivity contribution in [3.8, 4) is 0 Å². The van der Waals surface area contributed by atoms with Crippen LogP contribution in [0.1, 0.15) is 187 Å². The maximum Gasteiger partial charge on any atom is 0.249 e. The number of nitrogens with one attached hydrogen (secondary N) is 1. The fourth-order valence-corrected chi connectivity index (χ4v) is 5.99. The van der Waals surface area contributed by atoms with Crippen molar-refractivity contribution in [2.24, 2.45) is 0 Å². The average molecular weight is 690 g/mol. The van der Waals surface area contributed by atoms with E-state index in [-0.39, 0.29) is 0 Å². The maximum absolute atomic E-state index is 12.5. The SMILES string of the molecule is CC/C=C\C/C=C\CCCCCCCCCCCCCCCC(O)C(=O)NC(CO)C(O)C(O)CCC/C=C/CC/C=C/CCCCCC.